The highest BCUT2D eigenvalue weighted by molar-refractivity contribution is 14.0. The number of hydrogen-bond donors (Lipinski definition) is 3. The minimum atomic E-state index is -0.133. The predicted molar refractivity (Wildman–Crippen MR) is 116 cm³/mol. The average Bonchev–Trinajstić information content (AvgIpc) is 3.07. The lowest BCUT2D eigenvalue weighted by molar-refractivity contribution is 0.0283. The van der Waals surface area contributed by atoms with Crippen LogP contribution in [0, 0.1) is 0 Å². The molecule has 0 aromatic heterocycles. The zero-order valence-corrected chi connectivity index (χ0v) is 18.0. The molecule has 6 nitrogen and oxygen atoms in total. The van der Waals surface area contributed by atoms with Crippen LogP contribution in [-0.4, -0.2) is 50.3 Å². The number of rotatable bonds is 8. The second kappa shape index (κ2) is 12.1. The van der Waals surface area contributed by atoms with Crippen LogP contribution in [0.3, 0.4) is 0 Å². The number of nitrogens with zero attached hydrogens (tertiary/aromatic N) is 1. The van der Waals surface area contributed by atoms with Gasteiger partial charge in [-0.05, 0) is 45.2 Å². The molecule has 1 heterocycles. The molecule has 0 radical (unpaired) electrons. The van der Waals surface area contributed by atoms with Crippen LogP contribution in [0.4, 0.5) is 0 Å². The molecule has 1 fully saturated rings. The molecule has 2 rings (SSSR count). The van der Waals surface area contributed by atoms with Crippen molar-refractivity contribution in [2.75, 3.05) is 32.8 Å². The van der Waals surface area contributed by atoms with Gasteiger partial charge in [0, 0.05) is 31.8 Å². The Balaban J connectivity index is 0.00000338. The maximum absolute atomic E-state index is 11.9. The van der Waals surface area contributed by atoms with Crippen molar-refractivity contribution in [2.45, 2.75) is 38.7 Å². The Labute approximate surface area is 173 Å². The van der Waals surface area contributed by atoms with E-state index in [2.05, 4.69) is 27.9 Å². The summed E-state index contributed by atoms with van der Waals surface area (Å²) in [6.07, 6.45) is 3.00. The number of guanidine groups is 1. The molecule has 0 spiro atoms. The molecule has 1 atom stereocenters. The molecule has 26 heavy (non-hydrogen) atoms. The SMILES string of the molecule is CCNC(=NCC1(C)CCCO1)NCCCNC(=O)c1ccccc1.I. The highest BCUT2D eigenvalue weighted by atomic mass is 127. The van der Waals surface area contributed by atoms with Gasteiger partial charge in [0.2, 0.25) is 0 Å². The van der Waals surface area contributed by atoms with E-state index in [1.807, 2.05) is 37.3 Å². The summed E-state index contributed by atoms with van der Waals surface area (Å²) in [6.45, 7) is 7.84. The third kappa shape index (κ3) is 7.90. The second-order valence-corrected chi connectivity index (χ2v) is 6.50. The quantitative estimate of drug-likeness (QED) is 0.234. The van der Waals surface area contributed by atoms with E-state index in [4.69, 9.17) is 4.74 Å². The van der Waals surface area contributed by atoms with Crippen molar-refractivity contribution in [3.63, 3.8) is 0 Å². The van der Waals surface area contributed by atoms with Crippen LogP contribution in [0.15, 0.2) is 35.3 Å². The van der Waals surface area contributed by atoms with Crippen LogP contribution in [-0.2, 0) is 4.74 Å². The number of amides is 1. The molecule has 1 unspecified atom stereocenters. The molecule has 146 valence electrons. The number of carbonyl (C=O) groups is 1. The molecule has 1 amide bonds. The summed E-state index contributed by atoms with van der Waals surface area (Å²) in [5, 5.41) is 9.48. The molecule has 0 bridgehead atoms. The molecular formula is C19H31IN4O2. The standard InChI is InChI=1S/C19H30N4O2.HI/c1-3-20-18(23-15-19(2)11-7-14-25-19)22-13-8-12-21-17(24)16-9-5-4-6-10-16;/h4-6,9-10H,3,7-8,11-15H2,1-2H3,(H,21,24)(H2,20,22,23);1H. The van der Waals surface area contributed by atoms with Crippen LogP contribution >= 0.6 is 24.0 Å². The molecule has 3 N–H and O–H groups in total. The maximum atomic E-state index is 11.9. The van der Waals surface area contributed by atoms with Gasteiger partial charge in [-0.15, -0.1) is 24.0 Å². The van der Waals surface area contributed by atoms with Crippen molar-refractivity contribution in [1.82, 2.24) is 16.0 Å². The minimum absolute atomic E-state index is 0. The summed E-state index contributed by atoms with van der Waals surface area (Å²) in [5.74, 6) is 0.765. The van der Waals surface area contributed by atoms with Gasteiger partial charge in [-0.25, -0.2) is 0 Å². The van der Waals surface area contributed by atoms with Crippen molar-refractivity contribution in [3.05, 3.63) is 35.9 Å². The van der Waals surface area contributed by atoms with Gasteiger partial charge in [0.05, 0.1) is 12.1 Å². The van der Waals surface area contributed by atoms with Gasteiger partial charge in [-0.1, -0.05) is 18.2 Å². The Morgan fingerprint density at radius 1 is 1.19 bits per heavy atom. The molecule has 0 aliphatic carbocycles. The third-order valence-corrected chi connectivity index (χ3v) is 4.18. The molecule has 1 saturated heterocycles. The fourth-order valence-corrected chi connectivity index (χ4v) is 2.74. The van der Waals surface area contributed by atoms with Crippen LogP contribution in [0.25, 0.3) is 0 Å². The van der Waals surface area contributed by atoms with E-state index in [-0.39, 0.29) is 35.5 Å². The predicted octanol–water partition coefficient (Wildman–Crippen LogP) is 2.55. The number of hydrogen-bond acceptors (Lipinski definition) is 3. The summed E-state index contributed by atoms with van der Waals surface area (Å²) in [5.41, 5.74) is 0.557. The first-order valence-electron chi connectivity index (χ1n) is 9.12. The van der Waals surface area contributed by atoms with Crippen molar-refractivity contribution in [3.8, 4) is 0 Å². The van der Waals surface area contributed by atoms with Gasteiger partial charge >= 0.3 is 0 Å². The van der Waals surface area contributed by atoms with Gasteiger partial charge in [-0.3, -0.25) is 9.79 Å². The maximum Gasteiger partial charge on any atom is 0.251 e. The fourth-order valence-electron chi connectivity index (χ4n) is 2.74. The fraction of sp³-hybridized carbons (Fsp3) is 0.579. The van der Waals surface area contributed by atoms with E-state index in [0.717, 1.165) is 44.9 Å². The molecule has 0 saturated carbocycles. The number of carbonyl (C=O) groups excluding carboxylic acids is 1. The van der Waals surface area contributed by atoms with E-state index >= 15 is 0 Å². The zero-order chi connectivity index (χ0) is 18.0. The van der Waals surface area contributed by atoms with Crippen LogP contribution < -0.4 is 16.0 Å². The van der Waals surface area contributed by atoms with Gasteiger partial charge in [-0.2, -0.15) is 0 Å². The number of halogens is 1. The molecule has 1 aliphatic heterocycles. The molecule has 1 aliphatic rings. The zero-order valence-electron chi connectivity index (χ0n) is 15.7. The Hall–Kier alpha value is -1.35. The molecular weight excluding hydrogens is 443 g/mol. The van der Waals surface area contributed by atoms with E-state index in [1.165, 1.54) is 0 Å². The number of nitrogens with one attached hydrogen (secondary N) is 3. The first kappa shape index (κ1) is 22.7. The molecule has 7 heteroatoms. The van der Waals surface area contributed by atoms with E-state index in [0.29, 0.717) is 18.7 Å². The Morgan fingerprint density at radius 3 is 2.58 bits per heavy atom. The monoisotopic (exact) mass is 474 g/mol. The Morgan fingerprint density at radius 2 is 1.92 bits per heavy atom. The highest BCUT2D eigenvalue weighted by Crippen LogP contribution is 2.24. The van der Waals surface area contributed by atoms with E-state index in [9.17, 15) is 4.79 Å². The first-order chi connectivity index (χ1) is 12.1. The van der Waals surface area contributed by atoms with E-state index in [1.54, 1.807) is 0 Å². The van der Waals surface area contributed by atoms with E-state index < -0.39 is 0 Å². The van der Waals surface area contributed by atoms with Crippen LogP contribution in [0.2, 0.25) is 0 Å². The van der Waals surface area contributed by atoms with Crippen molar-refractivity contribution >= 4 is 35.8 Å². The number of benzene rings is 1. The summed E-state index contributed by atoms with van der Waals surface area (Å²) >= 11 is 0. The van der Waals surface area contributed by atoms with Gasteiger partial charge in [0.25, 0.3) is 5.91 Å². The molecule has 1 aromatic carbocycles. The lowest BCUT2D eigenvalue weighted by atomic mass is 10.0. The largest absolute Gasteiger partial charge is 0.373 e. The second-order valence-electron chi connectivity index (χ2n) is 6.50. The van der Waals surface area contributed by atoms with Crippen LogP contribution in [0.1, 0.15) is 43.5 Å². The normalized spacial score (nSPS) is 19.5. The summed E-state index contributed by atoms with van der Waals surface area (Å²) in [6, 6.07) is 9.26. The van der Waals surface area contributed by atoms with Gasteiger partial charge in [0.15, 0.2) is 5.96 Å². The lowest BCUT2D eigenvalue weighted by Crippen LogP contribution is -2.40. The van der Waals surface area contributed by atoms with Gasteiger partial charge in [0.1, 0.15) is 0 Å². The third-order valence-electron chi connectivity index (χ3n) is 4.18. The summed E-state index contributed by atoms with van der Waals surface area (Å²) in [4.78, 5) is 16.6. The van der Waals surface area contributed by atoms with Gasteiger partial charge < -0.3 is 20.7 Å². The Bertz CT molecular complexity index is 560. The lowest BCUT2D eigenvalue weighted by Gasteiger charge is -2.21. The smallest absolute Gasteiger partial charge is 0.251 e. The van der Waals surface area contributed by atoms with Crippen LogP contribution in [0.5, 0.6) is 0 Å². The van der Waals surface area contributed by atoms with Crippen molar-refractivity contribution in [1.29, 1.82) is 0 Å². The Kier molecular flexibility index (Phi) is 10.6. The van der Waals surface area contributed by atoms with Crippen molar-refractivity contribution in [2.24, 2.45) is 4.99 Å². The van der Waals surface area contributed by atoms with Crippen molar-refractivity contribution < 1.29 is 9.53 Å². The summed E-state index contributed by atoms with van der Waals surface area (Å²) in [7, 11) is 0. The number of aliphatic imine (C=N–C) groups is 1. The topological polar surface area (TPSA) is 74.8 Å². The average molecular weight is 474 g/mol. The highest BCUT2D eigenvalue weighted by Gasteiger charge is 2.29. The molecule has 1 aromatic rings. The number of ether oxygens (including phenoxy) is 1. The first-order valence-corrected chi connectivity index (χ1v) is 9.12. The minimum Gasteiger partial charge on any atom is -0.373 e. The summed E-state index contributed by atoms with van der Waals surface area (Å²) < 4.78 is 5.77.